The lowest BCUT2D eigenvalue weighted by Gasteiger charge is -2.39. The van der Waals surface area contributed by atoms with Gasteiger partial charge in [0, 0.05) is 31.2 Å². The number of likely N-dealkylation sites (tertiary alicyclic amines) is 1. The first kappa shape index (κ1) is 24.1. The highest BCUT2D eigenvalue weighted by molar-refractivity contribution is 5.94. The summed E-state index contributed by atoms with van der Waals surface area (Å²) in [6, 6.07) is 9.97. The number of halogens is 3. The van der Waals surface area contributed by atoms with E-state index in [0.29, 0.717) is 18.2 Å². The van der Waals surface area contributed by atoms with E-state index in [-0.39, 0.29) is 17.6 Å². The number of carbonyl (C=O) groups excluding carboxylic acids is 1. The van der Waals surface area contributed by atoms with Crippen molar-refractivity contribution in [3.05, 3.63) is 35.9 Å². The number of benzene rings is 1. The predicted molar refractivity (Wildman–Crippen MR) is 105 cm³/mol. The molecule has 1 aromatic rings. The number of ether oxygens (including phenoxy) is 1. The first-order valence-electron chi connectivity index (χ1n) is 10.1. The number of nitrogens with one attached hydrogen (secondary N) is 1. The van der Waals surface area contributed by atoms with Crippen LogP contribution in [0.1, 0.15) is 49.9 Å². The summed E-state index contributed by atoms with van der Waals surface area (Å²) in [7, 11) is 0. The van der Waals surface area contributed by atoms with Gasteiger partial charge in [0.25, 0.3) is 5.91 Å². The SMILES string of the molecule is CC(C)N1CC[C@]2(CCC[C@@H](CNC(=O)c3ccccc3)O2)C1.O=C(O)C(F)(F)F. The van der Waals surface area contributed by atoms with Crippen LogP contribution in [-0.2, 0) is 9.53 Å². The molecule has 2 fully saturated rings. The number of carboxylic acid groups (broad SMARTS) is 1. The van der Waals surface area contributed by atoms with Crippen LogP contribution in [-0.4, -0.2) is 65.4 Å². The minimum Gasteiger partial charge on any atom is -0.475 e. The summed E-state index contributed by atoms with van der Waals surface area (Å²) in [5.74, 6) is -2.77. The molecule has 6 nitrogen and oxygen atoms in total. The Morgan fingerprint density at radius 3 is 2.43 bits per heavy atom. The number of aliphatic carboxylic acids is 1. The maximum absolute atomic E-state index is 12.2. The van der Waals surface area contributed by atoms with E-state index in [1.54, 1.807) is 0 Å². The lowest BCUT2D eigenvalue weighted by atomic mass is 9.90. The Balaban J connectivity index is 0.000000396. The fraction of sp³-hybridized carbons (Fsp3) is 0.619. The lowest BCUT2D eigenvalue weighted by molar-refractivity contribution is -0.192. The molecular formula is C21H29F3N2O4. The van der Waals surface area contributed by atoms with Crippen molar-refractivity contribution in [2.75, 3.05) is 19.6 Å². The number of carboxylic acids is 1. The Kier molecular flexibility index (Phi) is 8.25. The second-order valence-corrected chi connectivity index (χ2v) is 8.01. The van der Waals surface area contributed by atoms with Crippen molar-refractivity contribution in [1.82, 2.24) is 10.2 Å². The standard InChI is InChI=1S/C19H28N2O2.C2HF3O2/c1-15(2)21-12-11-19(14-21)10-6-9-17(23-19)13-20-18(22)16-7-4-3-5-8-16;3-2(4,5)1(6)7/h3-5,7-8,15,17H,6,9-14H2,1-2H3,(H,20,22);(H,6,7)/t17-,19+;/m0./s1. The molecule has 0 aromatic heterocycles. The number of nitrogens with zero attached hydrogens (tertiary/aromatic N) is 1. The van der Waals surface area contributed by atoms with Crippen LogP contribution in [0.3, 0.4) is 0 Å². The molecule has 2 atom stereocenters. The summed E-state index contributed by atoms with van der Waals surface area (Å²) in [6.07, 6.45) is -0.437. The molecule has 0 unspecified atom stereocenters. The molecule has 2 N–H and O–H groups in total. The van der Waals surface area contributed by atoms with Gasteiger partial charge in [-0.05, 0) is 51.7 Å². The van der Waals surface area contributed by atoms with Crippen molar-refractivity contribution in [1.29, 1.82) is 0 Å². The fourth-order valence-electron chi connectivity index (χ4n) is 3.78. The van der Waals surface area contributed by atoms with Gasteiger partial charge in [-0.25, -0.2) is 4.79 Å². The molecule has 0 aliphatic carbocycles. The van der Waals surface area contributed by atoms with E-state index in [4.69, 9.17) is 14.6 Å². The first-order chi connectivity index (χ1) is 14.0. The monoisotopic (exact) mass is 430 g/mol. The van der Waals surface area contributed by atoms with Gasteiger partial charge < -0.3 is 15.2 Å². The molecule has 168 valence electrons. The number of carbonyl (C=O) groups is 2. The van der Waals surface area contributed by atoms with Gasteiger partial charge in [-0.15, -0.1) is 0 Å². The predicted octanol–water partition coefficient (Wildman–Crippen LogP) is 3.47. The van der Waals surface area contributed by atoms with Gasteiger partial charge in [-0.2, -0.15) is 13.2 Å². The van der Waals surface area contributed by atoms with Crippen LogP contribution >= 0.6 is 0 Å². The van der Waals surface area contributed by atoms with Gasteiger partial charge in [-0.1, -0.05) is 18.2 Å². The Morgan fingerprint density at radius 2 is 1.90 bits per heavy atom. The third-order valence-corrected chi connectivity index (χ3v) is 5.42. The van der Waals surface area contributed by atoms with Gasteiger partial charge in [0.05, 0.1) is 11.7 Å². The Hall–Kier alpha value is -2.13. The molecule has 1 spiro atoms. The highest BCUT2D eigenvalue weighted by atomic mass is 19.4. The summed E-state index contributed by atoms with van der Waals surface area (Å²) >= 11 is 0. The van der Waals surface area contributed by atoms with Crippen LogP contribution in [0.25, 0.3) is 0 Å². The topological polar surface area (TPSA) is 78.9 Å². The number of hydrogen-bond acceptors (Lipinski definition) is 4. The third-order valence-electron chi connectivity index (χ3n) is 5.42. The maximum Gasteiger partial charge on any atom is 0.490 e. The van der Waals surface area contributed by atoms with Crippen molar-refractivity contribution in [2.45, 2.75) is 63.5 Å². The molecule has 0 radical (unpaired) electrons. The summed E-state index contributed by atoms with van der Waals surface area (Å²) in [5, 5.41) is 10.2. The van der Waals surface area contributed by atoms with Crippen molar-refractivity contribution in [2.24, 2.45) is 0 Å². The van der Waals surface area contributed by atoms with E-state index in [1.165, 1.54) is 6.42 Å². The molecule has 2 aliphatic heterocycles. The summed E-state index contributed by atoms with van der Waals surface area (Å²) < 4.78 is 38.2. The van der Waals surface area contributed by atoms with Gasteiger partial charge in [0.2, 0.25) is 0 Å². The van der Waals surface area contributed by atoms with Crippen LogP contribution in [0.4, 0.5) is 13.2 Å². The number of alkyl halides is 3. The quantitative estimate of drug-likeness (QED) is 0.765. The number of rotatable bonds is 4. The molecule has 2 aliphatic rings. The molecule has 1 aromatic carbocycles. The van der Waals surface area contributed by atoms with Crippen molar-refractivity contribution >= 4 is 11.9 Å². The number of amides is 1. The Bertz CT molecular complexity index is 712. The lowest BCUT2D eigenvalue weighted by Crippen LogP contribution is -2.47. The minimum atomic E-state index is -5.08. The minimum absolute atomic E-state index is 0.0101. The summed E-state index contributed by atoms with van der Waals surface area (Å²) in [5.41, 5.74) is 0.731. The largest absolute Gasteiger partial charge is 0.490 e. The highest BCUT2D eigenvalue weighted by Crippen LogP contribution is 2.37. The van der Waals surface area contributed by atoms with Crippen LogP contribution < -0.4 is 5.32 Å². The van der Waals surface area contributed by atoms with E-state index < -0.39 is 12.1 Å². The van der Waals surface area contributed by atoms with Crippen LogP contribution in [0.5, 0.6) is 0 Å². The third kappa shape index (κ3) is 6.98. The molecule has 9 heteroatoms. The molecule has 30 heavy (non-hydrogen) atoms. The molecule has 0 bridgehead atoms. The van der Waals surface area contributed by atoms with E-state index in [1.807, 2.05) is 30.3 Å². The average Bonchev–Trinajstić information content (AvgIpc) is 3.10. The van der Waals surface area contributed by atoms with Crippen molar-refractivity contribution in [3.8, 4) is 0 Å². The van der Waals surface area contributed by atoms with Gasteiger partial charge >= 0.3 is 12.1 Å². The molecular weight excluding hydrogens is 401 g/mol. The zero-order chi connectivity index (χ0) is 22.4. The van der Waals surface area contributed by atoms with E-state index in [9.17, 15) is 18.0 Å². The van der Waals surface area contributed by atoms with E-state index in [2.05, 4.69) is 24.1 Å². The van der Waals surface area contributed by atoms with Gasteiger partial charge in [0.15, 0.2) is 0 Å². The zero-order valence-corrected chi connectivity index (χ0v) is 17.2. The Labute approximate surface area is 174 Å². The smallest absolute Gasteiger partial charge is 0.475 e. The summed E-state index contributed by atoms with van der Waals surface area (Å²) in [6.45, 7) is 7.27. The normalized spacial score (nSPS) is 24.4. The van der Waals surface area contributed by atoms with Crippen LogP contribution in [0, 0.1) is 0 Å². The molecule has 0 saturated carbocycles. The molecule has 1 amide bonds. The zero-order valence-electron chi connectivity index (χ0n) is 17.2. The molecule has 2 saturated heterocycles. The number of hydrogen-bond donors (Lipinski definition) is 2. The fourth-order valence-corrected chi connectivity index (χ4v) is 3.78. The Morgan fingerprint density at radius 1 is 1.27 bits per heavy atom. The highest BCUT2D eigenvalue weighted by Gasteiger charge is 2.43. The average molecular weight is 430 g/mol. The second-order valence-electron chi connectivity index (χ2n) is 8.01. The van der Waals surface area contributed by atoms with E-state index in [0.717, 1.165) is 32.4 Å². The van der Waals surface area contributed by atoms with Gasteiger partial charge in [0.1, 0.15) is 0 Å². The first-order valence-corrected chi connectivity index (χ1v) is 10.1. The maximum atomic E-state index is 12.2. The summed E-state index contributed by atoms with van der Waals surface area (Å²) in [4.78, 5) is 23.6. The van der Waals surface area contributed by atoms with Crippen LogP contribution in [0.15, 0.2) is 30.3 Å². The van der Waals surface area contributed by atoms with Crippen LogP contribution in [0.2, 0.25) is 0 Å². The van der Waals surface area contributed by atoms with Crippen molar-refractivity contribution < 1.29 is 32.6 Å². The second kappa shape index (κ2) is 10.3. The van der Waals surface area contributed by atoms with E-state index >= 15 is 0 Å². The van der Waals surface area contributed by atoms with Crippen molar-refractivity contribution in [3.63, 3.8) is 0 Å². The van der Waals surface area contributed by atoms with Gasteiger partial charge in [-0.3, -0.25) is 9.69 Å². The molecule has 2 heterocycles. The molecule has 3 rings (SSSR count).